The minimum atomic E-state index is -0.390. The number of benzene rings is 1. The van der Waals surface area contributed by atoms with Crippen molar-refractivity contribution in [1.29, 1.82) is 0 Å². The van der Waals surface area contributed by atoms with Crippen LogP contribution in [0.3, 0.4) is 0 Å². The van der Waals surface area contributed by atoms with Gasteiger partial charge in [-0.3, -0.25) is 0 Å². The Morgan fingerprint density at radius 2 is 0.603 bits per heavy atom. The van der Waals surface area contributed by atoms with Crippen LogP contribution in [-0.4, -0.2) is 111 Å². The predicted octanol–water partition coefficient (Wildman–Crippen LogP) is 13.0. The molecule has 0 aliphatic rings. The highest BCUT2D eigenvalue weighted by atomic mass is 16.6. The lowest BCUT2D eigenvalue weighted by atomic mass is 10.0. The van der Waals surface area contributed by atoms with E-state index in [2.05, 4.69) is 151 Å². The van der Waals surface area contributed by atoms with Crippen LogP contribution in [0.15, 0.2) is 18.2 Å². The summed E-state index contributed by atoms with van der Waals surface area (Å²) in [5, 5.41) is 0. The van der Waals surface area contributed by atoms with Crippen LogP contribution >= 0.6 is 0 Å². The van der Waals surface area contributed by atoms with Crippen molar-refractivity contribution in [3.8, 4) is 11.5 Å². The van der Waals surface area contributed by atoms with Crippen molar-refractivity contribution in [2.24, 2.45) is 11.8 Å². The lowest BCUT2D eigenvalue weighted by molar-refractivity contribution is -0.110. The summed E-state index contributed by atoms with van der Waals surface area (Å²) in [7, 11) is 0. The molecule has 0 unspecified atom stereocenters. The fourth-order valence-corrected chi connectivity index (χ4v) is 5.63. The molecule has 0 saturated carbocycles. The molecule has 1 rings (SSSR count). The van der Waals surface area contributed by atoms with E-state index in [0.29, 0.717) is 77.6 Å². The molecular formula is C53H102O10. The quantitative estimate of drug-likeness (QED) is 0.0743. The van der Waals surface area contributed by atoms with Gasteiger partial charge in [-0.2, -0.15) is 0 Å². The first-order valence-corrected chi connectivity index (χ1v) is 24.0. The van der Waals surface area contributed by atoms with Crippen LogP contribution in [0.5, 0.6) is 11.5 Å². The van der Waals surface area contributed by atoms with Gasteiger partial charge >= 0.3 is 0 Å². The van der Waals surface area contributed by atoms with Crippen molar-refractivity contribution < 1.29 is 47.4 Å². The van der Waals surface area contributed by atoms with Crippen LogP contribution < -0.4 is 9.47 Å². The van der Waals surface area contributed by atoms with Gasteiger partial charge in [0, 0.05) is 38.3 Å². The molecule has 10 heteroatoms. The van der Waals surface area contributed by atoms with Gasteiger partial charge in [0.15, 0.2) is 11.5 Å². The van der Waals surface area contributed by atoms with Crippen LogP contribution in [0.4, 0.5) is 0 Å². The third-order valence-electron chi connectivity index (χ3n) is 9.84. The predicted molar refractivity (Wildman–Crippen MR) is 262 cm³/mol. The Kier molecular flexibility index (Phi) is 26.7. The van der Waals surface area contributed by atoms with Crippen molar-refractivity contribution in [3.05, 3.63) is 23.8 Å². The molecule has 0 atom stereocenters. The molecule has 1 aromatic carbocycles. The van der Waals surface area contributed by atoms with E-state index in [9.17, 15) is 0 Å². The number of rotatable bonds is 30. The van der Waals surface area contributed by atoms with Gasteiger partial charge in [0.1, 0.15) is 0 Å². The third-order valence-corrected chi connectivity index (χ3v) is 9.84. The summed E-state index contributed by atoms with van der Waals surface area (Å²) in [6.45, 7) is 52.9. The van der Waals surface area contributed by atoms with Crippen molar-refractivity contribution in [1.82, 2.24) is 0 Å². The van der Waals surface area contributed by atoms with Crippen molar-refractivity contribution in [3.63, 3.8) is 0 Å². The number of ether oxygens (including phenoxy) is 10. The number of aryl methyl sites for hydroxylation is 1. The minimum Gasteiger partial charge on any atom is -0.489 e. The molecule has 0 N–H and O–H groups in total. The van der Waals surface area contributed by atoms with E-state index >= 15 is 0 Å². The first-order chi connectivity index (χ1) is 28.6. The highest BCUT2D eigenvalue weighted by Gasteiger charge is 2.29. The fourth-order valence-electron chi connectivity index (χ4n) is 5.63. The summed E-state index contributed by atoms with van der Waals surface area (Å²) < 4.78 is 63.6. The second-order valence-corrected chi connectivity index (χ2v) is 23.4. The first kappa shape index (κ1) is 61.5. The van der Waals surface area contributed by atoms with Crippen LogP contribution in [-0.2, 0) is 37.9 Å². The number of hydrogen-bond acceptors (Lipinski definition) is 10. The van der Waals surface area contributed by atoms with Crippen LogP contribution in [0, 0.1) is 18.8 Å². The van der Waals surface area contributed by atoms with Crippen LogP contribution in [0.25, 0.3) is 0 Å². The van der Waals surface area contributed by atoms with E-state index in [1.165, 1.54) is 0 Å². The molecule has 63 heavy (non-hydrogen) atoms. The van der Waals surface area contributed by atoms with E-state index < -0.39 is 11.2 Å². The first-order valence-electron chi connectivity index (χ1n) is 24.0. The van der Waals surface area contributed by atoms with E-state index in [1.807, 2.05) is 26.0 Å². The fraction of sp³-hybridized carbons (Fsp3) is 0.887. The van der Waals surface area contributed by atoms with Crippen LogP contribution in [0.2, 0.25) is 0 Å². The van der Waals surface area contributed by atoms with Crippen LogP contribution in [0.1, 0.15) is 184 Å². The van der Waals surface area contributed by atoms with Crippen molar-refractivity contribution >= 4 is 0 Å². The van der Waals surface area contributed by atoms with Crippen molar-refractivity contribution in [2.75, 3.05) is 66.1 Å². The molecule has 0 spiro atoms. The van der Waals surface area contributed by atoms with Crippen molar-refractivity contribution in [2.45, 2.75) is 230 Å². The normalized spacial score (nSPS) is 13.7. The molecule has 0 bridgehead atoms. The molecule has 0 aromatic heterocycles. The van der Waals surface area contributed by atoms with Gasteiger partial charge in [-0.05, 0) is 189 Å². The molecule has 374 valence electrons. The van der Waals surface area contributed by atoms with Gasteiger partial charge in [0.2, 0.25) is 0 Å². The monoisotopic (exact) mass is 899 g/mol. The summed E-state index contributed by atoms with van der Waals surface area (Å²) in [5.41, 5.74) is -1.29. The zero-order valence-electron chi connectivity index (χ0n) is 45.4. The summed E-state index contributed by atoms with van der Waals surface area (Å²) in [6.07, 6.45) is 3.07. The second-order valence-electron chi connectivity index (χ2n) is 23.4. The lowest BCUT2D eigenvalue weighted by Crippen LogP contribution is -2.36. The molecule has 0 fully saturated rings. The highest BCUT2D eigenvalue weighted by Crippen LogP contribution is 2.31. The van der Waals surface area contributed by atoms with E-state index in [4.69, 9.17) is 47.4 Å². The van der Waals surface area contributed by atoms with Gasteiger partial charge in [0.25, 0.3) is 0 Å². The van der Waals surface area contributed by atoms with Gasteiger partial charge in [-0.1, -0.05) is 19.9 Å². The zero-order chi connectivity index (χ0) is 49.0. The summed E-state index contributed by atoms with van der Waals surface area (Å²) in [4.78, 5) is 0. The third kappa shape index (κ3) is 34.5. The molecule has 0 saturated heterocycles. The Balaban J connectivity index is 0.0000189. The van der Waals surface area contributed by atoms with Gasteiger partial charge in [0.05, 0.1) is 84.4 Å². The topological polar surface area (TPSA) is 92.3 Å². The maximum absolute atomic E-state index is 6.64. The van der Waals surface area contributed by atoms with Gasteiger partial charge in [-0.25, -0.2) is 0 Å². The molecular weight excluding hydrogens is 797 g/mol. The molecule has 0 heterocycles. The smallest absolute Gasteiger partial charge is 0.161 e. The Labute approximate surface area is 389 Å². The second kappa shape index (κ2) is 27.3. The molecule has 0 aliphatic carbocycles. The molecule has 0 amide bonds. The minimum absolute atomic E-state index is 0.0525. The standard InChI is InChI=1S/C51H96O10.C2H6/c1-39-22-23-42(52-33-40(35-58-48(14,15)24-28-54-44(2,3)4)36-59-49(16,17)25-29-55-45(5,6)7)43(32-39)53-34-41(37-60-50(18,19)26-30-56-46(8,9)10)38-61-51(20,21)27-31-57-47(11,12)13;1-2/h22-23,32,40-41H,24-31,33-38H2,1-21H3;1-2H3. The maximum Gasteiger partial charge on any atom is 0.161 e. The van der Waals surface area contributed by atoms with Gasteiger partial charge in [-0.15, -0.1) is 0 Å². The average molecular weight is 899 g/mol. The highest BCUT2D eigenvalue weighted by molar-refractivity contribution is 5.42. The summed E-state index contributed by atoms with van der Waals surface area (Å²) in [6, 6.07) is 6.08. The Morgan fingerprint density at radius 3 is 0.857 bits per heavy atom. The number of hydrogen-bond donors (Lipinski definition) is 0. The molecule has 0 aliphatic heterocycles. The SMILES string of the molecule is CC.Cc1ccc(OCC(COC(C)(C)CCOC(C)(C)C)COC(C)(C)CCOC(C)(C)C)c(OCC(COC(C)(C)CCOC(C)(C)C)COC(C)(C)CCOC(C)(C)C)c1. The molecule has 1 aromatic rings. The largest absolute Gasteiger partial charge is 0.489 e. The Morgan fingerprint density at radius 1 is 0.349 bits per heavy atom. The Hall–Kier alpha value is -1.50. The molecule has 10 nitrogen and oxygen atoms in total. The maximum atomic E-state index is 6.64. The average Bonchev–Trinajstić information content (AvgIpc) is 3.09. The zero-order valence-corrected chi connectivity index (χ0v) is 45.4. The van der Waals surface area contributed by atoms with E-state index in [1.54, 1.807) is 0 Å². The summed E-state index contributed by atoms with van der Waals surface area (Å²) in [5.74, 6) is 1.25. The van der Waals surface area contributed by atoms with E-state index in [0.717, 1.165) is 31.2 Å². The molecule has 0 radical (unpaired) electrons. The van der Waals surface area contributed by atoms with Gasteiger partial charge < -0.3 is 47.4 Å². The Bertz CT molecular complexity index is 1270. The lowest BCUT2D eigenvalue weighted by Gasteiger charge is -2.32. The van der Waals surface area contributed by atoms with E-state index in [-0.39, 0.29) is 45.4 Å². The summed E-state index contributed by atoms with van der Waals surface area (Å²) >= 11 is 0.